The lowest BCUT2D eigenvalue weighted by Gasteiger charge is -2.35. The molecule has 1 heterocycles. The average molecular weight is 235 g/mol. The van der Waals surface area contributed by atoms with Crippen LogP contribution in [0, 0.1) is 12.3 Å². The van der Waals surface area contributed by atoms with Crippen molar-refractivity contribution in [2.75, 3.05) is 18.5 Å². The van der Waals surface area contributed by atoms with E-state index in [0.29, 0.717) is 0 Å². The second-order valence-corrected chi connectivity index (χ2v) is 5.06. The SMILES string of the molecule is Cc1nccc(NCC2(CO)CCCCC2)n1. The van der Waals surface area contributed by atoms with E-state index in [2.05, 4.69) is 15.3 Å². The maximum Gasteiger partial charge on any atom is 0.129 e. The first-order chi connectivity index (χ1) is 8.24. The molecular weight excluding hydrogens is 214 g/mol. The predicted octanol–water partition coefficient (Wildman–Crippen LogP) is 2.14. The minimum atomic E-state index is 0.0527. The number of rotatable bonds is 4. The molecule has 1 fully saturated rings. The van der Waals surface area contributed by atoms with Crippen molar-refractivity contribution in [2.24, 2.45) is 5.41 Å². The fourth-order valence-corrected chi connectivity index (χ4v) is 2.53. The predicted molar refractivity (Wildman–Crippen MR) is 67.9 cm³/mol. The Bertz CT molecular complexity index is 361. The maximum atomic E-state index is 9.60. The van der Waals surface area contributed by atoms with Crippen LogP contribution in [0.15, 0.2) is 12.3 Å². The molecule has 0 radical (unpaired) electrons. The number of nitrogens with one attached hydrogen (secondary N) is 1. The molecule has 1 aliphatic rings. The topological polar surface area (TPSA) is 58.0 Å². The Morgan fingerprint density at radius 3 is 2.76 bits per heavy atom. The lowest BCUT2D eigenvalue weighted by Crippen LogP contribution is -2.35. The van der Waals surface area contributed by atoms with Crippen molar-refractivity contribution in [1.82, 2.24) is 9.97 Å². The number of aliphatic hydroxyl groups is 1. The summed E-state index contributed by atoms with van der Waals surface area (Å²) in [6, 6.07) is 1.88. The molecule has 0 atom stereocenters. The Labute approximate surface area is 102 Å². The van der Waals surface area contributed by atoms with Crippen LogP contribution in [0.1, 0.15) is 37.9 Å². The van der Waals surface area contributed by atoms with Crippen LogP contribution < -0.4 is 5.32 Å². The molecule has 1 aliphatic carbocycles. The van der Waals surface area contributed by atoms with Crippen molar-refractivity contribution in [1.29, 1.82) is 0 Å². The highest BCUT2D eigenvalue weighted by atomic mass is 16.3. The Balaban J connectivity index is 1.95. The minimum Gasteiger partial charge on any atom is -0.396 e. The number of anilines is 1. The summed E-state index contributed by atoms with van der Waals surface area (Å²) in [5, 5.41) is 12.9. The van der Waals surface area contributed by atoms with Crippen molar-refractivity contribution >= 4 is 5.82 Å². The first kappa shape index (κ1) is 12.3. The van der Waals surface area contributed by atoms with Crippen molar-refractivity contribution in [3.63, 3.8) is 0 Å². The number of aromatic nitrogens is 2. The summed E-state index contributed by atoms with van der Waals surface area (Å²) in [5.41, 5.74) is 0.0527. The summed E-state index contributed by atoms with van der Waals surface area (Å²) in [5.74, 6) is 1.63. The number of hydrogen-bond acceptors (Lipinski definition) is 4. The van der Waals surface area contributed by atoms with Crippen LogP contribution in [0.2, 0.25) is 0 Å². The van der Waals surface area contributed by atoms with Gasteiger partial charge in [-0.25, -0.2) is 9.97 Å². The van der Waals surface area contributed by atoms with Gasteiger partial charge in [-0.2, -0.15) is 0 Å². The summed E-state index contributed by atoms with van der Waals surface area (Å²) in [4.78, 5) is 8.39. The molecule has 0 saturated heterocycles. The third-order valence-corrected chi connectivity index (χ3v) is 3.67. The van der Waals surface area contributed by atoms with Gasteiger partial charge >= 0.3 is 0 Å². The van der Waals surface area contributed by atoms with Gasteiger partial charge in [-0.1, -0.05) is 19.3 Å². The summed E-state index contributed by atoms with van der Waals surface area (Å²) < 4.78 is 0. The Kier molecular flexibility index (Phi) is 3.94. The van der Waals surface area contributed by atoms with Crippen molar-refractivity contribution < 1.29 is 5.11 Å². The molecule has 0 spiro atoms. The van der Waals surface area contributed by atoms with E-state index in [4.69, 9.17) is 0 Å². The Morgan fingerprint density at radius 1 is 1.35 bits per heavy atom. The van der Waals surface area contributed by atoms with Gasteiger partial charge in [0.1, 0.15) is 11.6 Å². The van der Waals surface area contributed by atoms with E-state index in [1.54, 1.807) is 6.20 Å². The van der Waals surface area contributed by atoms with Crippen LogP contribution in [0.5, 0.6) is 0 Å². The molecule has 1 aromatic rings. The molecule has 0 aliphatic heterocycles. The zero-order valence-electron chi connectivity index (χ0n) is 10.4. The minimum absolute atomic E-state index is 0.0527. The second-order valence-electron chi connectivity index (χ2n) is 5.06. The second kappa shape index (κ2) is 5.45. The number of aryl methyl sites for hydroxylation is 1. The van der Waals surface area contributed by atoms with E-state index < -0.39 is 0 Å². The van der Waals surface area contributed by atoms with Crippen LogP contribution >= 0.6 is 0 Å². The molecule has 1 aromatic heterocycles. The maximum absolute atomic E-state index is 9.60. The smallest absolute Gasteiger partial charge is 0.129 e. The van der Waals surface area contributed by atoms with Crippen molar-refractivity contribution in [3.05, 3.63) is 18.1 Å². The van der Waals surface area contributed by atoms with E-state index in [1.165, 1.54) is 19.3 Å². The number of hydrogen-bond donors (Lipinski definition) is 2. The molecule has 0 unspecified atom stereocenters. The standard InChI is InChI=1S/C13H21N3O/c1-11-14-8-5-12(16-11)15-9-13(10-17)6-3-2-4-7-13/h5,8,17H,2-4,6-7,9-10H2,1H3,(H,14,15,16). The number of nitrogens with zero attached hydrogens (tertiary/aromatic N) is 2. The monoisotopic (exact) mass is 235 g/mol. The van der Waals surface area contributed by atoms with Gasteiger partial charge < -0.3 is 10.4 Å². The highest BCUT2D eigenvalue weighted by Gasteiger charge is 2.31. The highest BCUT2D eigenvalue weighted by Crippen LogP contribution is 2.35. The highest BCUT2D eigenvalue weighted by molar-refractivity contribution is 5.33. The summed E-state index contributed by atoms with van der Waals surface area (Å²) in [6.07, 6.45) is 7.74. The van der Waals surface area contributed by atoms with E-state index >= 15 is 0 Å². The zero-order chi connectivity index (χ0) is 12.1. The molecule has 2 rings (SSSR count). The fraction of sp³-hybridized carbons (Fsp3) is 0.692. The third kappa shape index (κ3) is 3.16. The molecule has 0 amide bonds. The molecule has 4 nitrogen and oxygen atoms in total. The molecule has 0 aromatic carbocycles. The van der Waals surface area contributed by atoms with Crippen LogP contribution in [-0.2, 0) is 0 Å². The molecule has 1 saturated carbocycles. The van der Waals surface area contributed by atoms with Gasteiger partial charge in [0.15, 0.2) is 0 Å². The van der Waals surface area contributed by atoms with Gasteiger partial charge in [0.2, 0.25) is 0 Å². The van der Waals surface area contributed by atoms with E-state index in [1.807, 2.05) is 13.0 Å². The van der Waals surface area contributed by atoms with E-state index in [-0.39, 0.29) is 12.0 Å². The van der Waals surface area contributed by atoms with E-state index in [0.717, 1.165) is 31.0 Å². The molecule has 0 bridgehead atoms. The summed E-state index contributed by atoms with van der Waals surface area (Å²) in [7, 11) is 0. The van der Waals surface area contributed by atoms with Crippen LogP contribution in [-0.4, -0.2) is 28.2 Å². The third-order valence-electron chi connectivity index (χ3n) is 3.67. The van der Waals surface area contributed by atoms with Crippen molar-refractivity contribution in [3.8, 4) is 0 Å². The summed E-state index contributed by atoms with van der Waals surface area (Å²) in [6.45, 7) is 2.96. The van der Waals surface area contributed by atoms with Crippen molar-refractivity contribution in [2.45, 2.75) is 39.0 Å². The van der Waals surface area contributed by atoms with Gasteiger partial charge in [-0.15, -0.1) is 0 Å². The summed E-state index contributed by atoms with van der Waals surface area (Å²) >= 11 is 0. The average Bonchev–Trinajstić information content (AvgIpc) is 2.38. The molecule has 94 valence electrons. The lowest BCUT2D eigenvalue weighted by molar-refractivity contribution is 0.0943. The molecular formula is C13H21N3O. The largest absolute Gasteiger partial charge is 0.396 e. The fourth-order valence-electron chi connectivity index (χ4n) is 2.53. The Hall–Kier alpha value is -1.16. The van der Waals surface area contributed by atoms with Gasteiger partial charge in [0, 0.05) is 18.2 Å². The van der Waals surface area contributed by atoms with Crippen LogP contribution in [0.3, 0.4) is 0 Å². The number of aliphatic hydroxyl groups excluding tert-OH is 1. The molecule has 17 heavy (non-hydrogen) atoms. The zero-order valence-corrected chi connectivity index (χ0v) is 10.4. The van der Waals surface area contributed by atoms with Gasteiger partial charge in [-0.3, -0.25) is 0 Å². The van der Waals surface area contributed by atoms with Crippen LogP contribution in [0.25, 0.3) is 0 Å². The normalized spacial score (nSPS) is 18.9. The first-order valence-electron chi connectivity index (χ1n) is 6.39. The lowest BCUT2D eigenvalue weighted by atomic mass is 9.74. The van der Waals surface area contributed by atoms with Gasteiger partial charge in [0.25, 0.3) is 0 Å². The van der Waals surface area contributed by atoms with Crippen LogP contribution in [0.4, 0.5) is 5.82 Å². The quantitative estimate of drug-likeness (QED) is 0.839. The molecule has 2 N–H and O–H groups in total. The van der Waals surface area contributed by atoms with E-state index in [9.17, 15) is 5.11 Å². The molecule has 4 heteroatoms. The Morgan fingerprint density at radius 2 is 2.12 bits per heavy atom. The first-order valence-corrected chi connectivity index (χ1v) is 6.39. The van der Waals surface area contributed by atoms with Gasteiger partial charge in [-0.05, 0) is 25.8 Å². The van der Waals surface area contributed by atoms with Gasteiger partial charge in [0.05, 0.1) is 6.61 Å².